The van der Waals surface area contributed by atoms with Crippen molar-refractivity contribution in [1.29, 1.82) is 5.26 Å². The summed E-state index contributed by atoms with van der Waals surface area (Å²) in [5.74, 6) is 2.25. The molecule has 5 aliphatic rings. The average molecular weight is 441 g/mol. The molecule has 5 nitrogen and oxygen atoms in total. The molecule has 1 heterocycles. The third-order valence-electron chi connectivity index (χ3n) is 9.76. The number of fused-ring (bicyclic) bond motifs is 5. The van der Waals surface area contributed by atoms with E-state index >= 15 is 0 Å². The minimum Gasteiger partial charge on any atom is -0.395 e. The molecule has 7 unspecified atom stereocenters. The standard InChI is InChI=1S/C27H40N2O3/c1-26-13-11-20(32-25-6-3-4-16-30-25)18-19(26)7-8-21-22-9-10-24(29-31-17-5-15-28)27(22,2)14-12-23(21)26/h7,20-23,25H,3-6,8-14,16-18H2,1-2H3/b29-24+. The molecule has 0 aromatic rings. The Hall–Kier alpha value is -1.38. The molecule has 32 heavy (non-hydrogen) atoms. The lowest BCUT2D eigenvalue weighted by atomic mass is 9.48. The zero-order chi connectivity index (χ0) is 22.2. The first-order valence-electron chi connectivity index (χ1n) is 13.1. The van der Waals surface area contributed by atoms with Gasteiger partial charge in [-0.3, -0.25) is 0 Å². The minimum absolute atomic E-state index is 0.0250. The van der Waals surface area contributed by atoms with Crippen molar-refractivity contribution in [1.82, 2.24) is 0 Å². The van der Waals surface area contributed by atoms with Crippen molar-refractivity contribution in [2.24, 2.45) is 33.7 Å². The van der Waals surface area contributed by atoms with Gasteiger partial charge in [0.1, 0.15) is 6.61 Å². The molecule has 1 saturated heterocycles. The largest absolute Gasteiger partial charge is 0.395 e. The van der Waals surface area contributed by atoms with Crippen LogP contribution >= 0.6 is 0 Å². The second kappa shape index (κ2) is 9.11. The molecule has 0 aromatic carbocycles. The van der Waals surface area contributed by atoms with Crippen LogP contribution in [0.15, 0.2) is 16.8 Å². The highest BCUT2D eigenvalue weighted by Crippen LogP contribution is 2.64. The molecule has 0 N–H and O–H groups in total. The summed E-state index contributed by atoms with van der Waals surface area (Å²) in [6.07, 6.45) is 16.4. The van der Waals surface area contributed by atoms with Crippen LogP contribution in [0, 0.1) is 39.9 Å². The fourth-order valence-electron chi connectivity index (χ4n) is 7.93. The van der Waals surface area contributed by atoms with E-state index in [0.717, 1.165) is 44.1 Å². The van der Waals surface area contributed by atoms with Crippen LogP contribution in [0.3, 0.4) is 0 Å². The Kier molecular flexibility index (Phi) is 6.38. The van der Waals surface area contributed by atoms with Gasteiger partial charge in [-0.2, -0.15) is 5.26 Å². The number of nitriles is 1. The fraction of sp³-hybridized carbons (Fsp3) is 0.852. The molecule has 0 amide bonds. The summed E-state index contributed by atoms with van der Waals surface area (Å²) in [5.41, 5.74) is 3.43. The highest BCUT2D eigenvalue weighted by Gasteiger charge is 2.58. The van der Waals surface area contributed by atoms with Gasteiger partial charge in [0.25, 0.3) is 0 Å². The Morgan fingerprint density at radius 1 is 1.12 bits per heavy atom. The molecule has 0 aromatic heterocycles. The Labute approximate surface area is 193 Å². The van der Waals surface area contributed by atoms with Crippen LogP contribution in [0.4, 0.5) is 0 Å². The molecule has 4 fully saturated rings. The van der Waals surface area contributed by atoms with Gasteiger partial charge in [-0.05, 0) is 93.8 Å². The third-order valence-corrected chi connectivity index (χ3v) is 9.76. The SMILES string of the molecule is CC12CCC(OC3CCCCO3)CC1=CCC1C2CCC2(C)/C(=N/OCCC#N)CCC12. The Bertz CT molecular complexity index is 795. The first-order chi connectivity index (χ1) is 15.5. The molecular weight excluding hydrogens is 400 g/mol. The Morgan fingerprint density at radius 3 is 2.78 bits per heavy atom. The lowest BCUT2D eigenvalue weighted by Crippen LogP contribution is -2.50. The van der Waals surface area contributed by atoms with Crippen molar-refractivity contribution < 1.29 is 14.3 Å². The highest BCUT2D eigenvalue weighted by atomic mass is 16.7. The lowest BCUT2D eigenvalue weighted by molar-refractivity contribution is -0.195. The summed E-state index contributed by atoms with van der Waals surface area (Å²) in [5, 5.41) is 13.3. The summed E-state index contributed by atoms with van der Waals surface area (Å²) < 4.78 is 12.3. The monoisotopic (exact) mass is 440 g/mol. The van der Waals surface area contributed by atoms with E-state index in [1.54, 1.807) is 5.57 Å². The van der Waals surface area contributed by atoms with Gasteiger partial charge < -0.3 is 14.3 Å². The Morgan fingerprint density at radius 2 is 1.97 bits per heavy atom. The summed E-state index contributed by atoms with van der Waals surface area (Å²) in [6.45, 7) is 6.26. The van der Waals surface area contributed by atoms with Crippen molar-refractivity contribution in [2.45, 2.75) is 103 Å². The first kappa shape index (κ1) is 22.4. The maximum atomic E-state index is 8.75. The lowest BCUT2D eigenvalue weighted by Gasteiger charge is -2.57. The van der Waals surface area contributed by atoms with E-state index in [-0.39, 0.29) is 11.7 Å². The van der Waals surface area contributed by atoms with E-state index in [2.05, 4.69) is 31.1 Å². The number of rotatable bonds is 5. The van der Waals surface area contributed by atoms with E-state index in [0.29, 0.717) is 30.5 Å². The van der Waals surface area contributed by atoms with Gasteiger partial charge in [-0.25, -0.2) is 0 Å². The molecule has 176 valence electrons. The number of ether oxygens (including phenoxy) is 2. The van der Waals surface area contributed by atoms with Crippen LogP contribution in [-0.4, -0.2) is 31.3 Å². The van der Waals surface area contributed by atoms with Crippen LogP contribution in [-0.2, 0) is 14.3 Å². The Balaban J connectivity index is 1.27. The van der Waals surface area contributed by atoms with Gasteiger partial charge in [0.05, 0.1) is 24.3 Å². The number of oxime groups is 1. The number of nitrogens with zero attached hydrogens (tertiary/aromatic N) is 2. The molecule has 0 bridgehead atoms. The molecule has 5 heteroatoms. The van der Waals surface area contributed by atoms with Gasteiger partial charge in [0.15, 0.2) is 6.29 Å². The molecule has 3 saturated carbocycles. The molecule has 0 spiro atoms. The van der Waals surface area contributed by atoms with Crippen molar-refractivity contribution in [2.75, 3.05) is 13.2 Å². The second-order valence-corrected chi connectivity index (χ2v) is 11.3. The maximum absolute atomic E-state index is 8.75. The van der Waals surface area contributed by atoms with E-state index in [4.69, 9.17) is 19.6 Å². The summed E-state index contributed by atoms with van der Waals surface area (Å²) in [6, 6.07) is 2.14. The van der Waals surface area contributed by atoms with Crippen LogP contribution < -0.4 is 0 Å². The molecule has 0 radical (unpaired) electrons. The minimum atomic E-state index is 0.0250. The molecule has 4 aliphatic carbocycles. The highest BCUT2D eigenvalue weighted by molar-refractivity contribution is 5.92. The molecule has 1 aliphatic heterocycles. The van der Waals surface area contributed by atoms with Gasteiger partial charge in [0, 0.05) is 12.0 Å². The van der Waals surface area contributed by atoms with E-state index in [1.165, 1.54) is 50.7 Å². The predicted octanol–water partition coefficient (Wildman–Crippen LogP) is 6.15. The van der Waals surface area contributed by atoms with Gasteiger partial charge in [-0.15, -0.1) is 0 Å². The first-order valence-corrected chi connectivity index (χ1v) is 13.1. The van der Waals surface area contributed by atoms with Crippen molar-refractivity contribution in [3.05, 3.63) is 11.6 Å². The van der Waals surface area contributed by atoms with Crippen LogP contribution in [0.1, 0.15) is 90.9 Å². The second-order valence-electron chi connectivity index (χ2n) is 11.3. The smallest absolute Gasteiger partial charge is 0.157 e. The number of hydrogen-bond acceptors (Lipinski definition) is 5. The van der Waals surface area contributed by atoms with Crippen LogP contribution in [0.25, 0.3) is 0 Å². The van der Waals surface area contributed by atoms with Crippen molar-refractivity contribution >= 4 is 5.71 Å². The average Bonchev–Trinajstić information content (AvgIpc) is 3.14. The molecule has 5 rings (SSSR count). The molecule has 7 atom stereocenters. The van der Waals surface area contributed by atoms with Gasteiger partial charge in [-0.1, -0.05) is 30.7 Å². The summed E-state index contributed by atoms with van der Waals surface area (Å²) in [7, 11) is 0. The van der Waals surface area contributed by atoms with E-state index in [1.807, 2.05) is 0 Å². The maximum Gasteiger partial charge on any atom is 0.157 e. The third kappa shape index (κ3) is 3.92. The fourth-order valence-corrected chi connectivity index (χ4v) is 7.93. The van der Waals surface area contributed by atoms with Gasteiger partial charge in [0.2, 0.25) is 0 Å². The number of allylic oxidation sites excluding steroid dienone is 1. The quantitative estimate of drug-likeness (QED) is 0.292. The van der Waals surface area contributed by atoms with Gasteiger partial charge >= 0.3 is 0 Å². The van der Waals surface area contributed by atoms with Crippen LogP contribution in [0.2, 0.25) is 0 Å². The van der Waals surface area contributed by atoms with Crippen molar-refractivity contribution in [3.8, 4) is 6.07 Å². The predicted molar refractivity (Wildman–Crippen MR) is 124 cm³/mol. The van der Waals surface area contributed by atoms with E-state index in [9.17, 15) is 0 Å². The molecular formula is C27H40N2O3. The zero-order valence-corrected chi connectivity index (χ0v) is 20.0. The zero-order valence-electron chi connectivity index (χ0n) is 20.0. The van der Waals surface area contributed by atoms with Crippen LogP contribution in [0.5, 0.6) is 0 Å². The normalized spacial score (nSPS) is 44.7. The number of hydrogen-bond donors (Lipinski definition) is 0. The van der Waals surface area contributed by atoms with E-state index < -0.39 is 0 Å². The summed E-state index contributed by atoms with van der Waals surface area (Å²) in [4.78, 5) is 5.52. The summed E-state index contributed by atoms with van der Waals surface area (Å²) >= 11 is 0. The van der Waals surface area contributed by atoms with Crippen molar-refractivity contribution in [3.63, 3.8) is 0 Å². The topological polar surface area (TPSA) is 63.8 Å².